The third kappa shape index (κ3) is 2.15. The number of carboxylic acid groups (broad SMARTS) is 1. The van der Waals surface area contributed by atoms with Crippen molar-refractivity contribution in [2.24, 2.45) is 5.73 Å². The maximum Gasteiger partial charge on any atom is 0.313 e. The molecule has 0 heterocycles. The zero-order valence-corrected chi connectivity index (χ0v) is 8.65. The third-order valence-corrected chi connectivity index (χ3v) is 2.43. The van der Waals surface area contributed by atoms with Crippen molar-refractivity contribution in [3.63, 3.8) is 0 Å². The van der Waals surface area contributed by atoms with Crippen LogP contribution in [0.2, 0.25) is 0 Å². The number of rotatable bonds is 3. The lowest BCUT2D eigenvalue weighted by Crippen LogP contribution is -2.28. The van der Waals surface area contributed by atoms with Gasteiger partial charge in [0.15, 0.2) is 0 Å². The number of hydrogen-bond donors (Lipinski definition) is 2. The largest absolute Gasteiger partial charge is 0.481 e. The van der Waals surface area contributed by atoms with Gasteiger partial charge in [-0.3, -0.25) is 9.59 Å². The molecule has 4 nitrogen and oxygen atoms in total. The lowest BCUT2D eigenvalue weighted by atomic mass is 9.84. The number of carbonyl (C=O) groups excluding carboxylic acids is 1. The Kier molecular flexibility index (Phi) is 2.79. The summed E-state index contributed by atoms with van der Waals surface area (Å²) in [6.45, 7) is 3.21. The van der Waals surface area contributed by atoms with Gasteiger partial charge in [-0.25, -0.2) is 0 Å². The molecule has 80 valence electrons. The second-order valence-corrected chi connectivity index (χ2v) is 3.87. The predicted octanol–water partition coefficient (Wildman–Crippen LogP) is 1.15. The number of hydrogen-bond acceptors (Lipinski definition) is 2. The standard InChI is InChI=1S/C11H13NO3/c1-11(2,10(14)15)8-5-3-7(4-6-8)9(12)13/h3-6H,1-2H3,(H2,12,13)(H,14,15). The first-order valence-corrected chi connectivity index (χ1v) is 4.49. The minimum absolute atomic E-state index is 0.375. The fourth-order valence-electron chi connectivity index (χ4n) is 1.17. The van der Waals surface area contributed by atoms with Crippen LogP contribution in [-0.2, 0) is 10.2 Å². The van der Waals surface area contributed by atoms with E-state index in [1.165, 1.54) is 12.1 Å². The van der Waals surface area contributed by atoms with Crippen LogP contribution >= 0.6 is 0 Å². The molecular weight excluding hydrogens is 194 g/mol. The van der Waals surface area contributed by atoms with Gasteiger partial charge < -0.3 is 10.8 Å². The van der Waals surface area contributed by atoms with Crippen molar-refractivity contribution < 1.29 is 14.7 Å². The van der Waals surface area contributed by atoms with Gasteiger partial charge in [-0.1, -0.05) is 12.1 Å². The van der Waals surface area contributed by atoms with E-state index in [0.717, 1.165) is 0 Å². The maximum absolute atomic E-state index is 10.9. The molecule has 4 heteroatoms. The highest BCUT2D eigenvalue weighted by molar-refractivity contribution is 5.93. The van der Waals surface area contributed by atoms with Crippen LogP contribution in [0.25, 0.3) is 0 Å². The SMILES string of the molecule is CC(C)(C(=O)O)c1ccc(C(N)=O)cc1. The van der Waals surface area contributed by atoms with Crippen molar-refractivity contribution in [1.82, 2.24) is 0 Å². The van der Waals surface area contributed by atoms with Crippen LogP contribution in [0, 0.1) is 0 Å². The summed E-state index contributed by atoms with van der Waals surface area (Å²) in [5, 5.41) is 8.98. The molecule has 1 aromatic rings. The minimum Gasteiger partial charge on any atom is -0.481 e. The Hall–Kier alpha value is -1.84. The van der Waals surface area contributed by atoms with Crippen molar-refractivity contribution in [3.05, 3.63) is 35.4 Å². The fraction of sp³-hybridized carbons (Fsp3) is 0.273. The van der Waals surface area contributed by atoms with Crippen molar-refractivity contribution in [1.29, 1.82) is 0 Å². The summed E-state index contributed by atoms with van der Waals surface area (Å²) >= 11 is 0. The van der Waals surface area contributed by atoms with Gasteiger partial charge in [-0.05, 0) is 31.5 Å². The van der Waals surface area contributed by atoms with Gasteiger partial charge in [0.2, 0.25) is 5.91 Å². The molecule has 1 rings (SSSR count). The quantitative estimate of drug-likeness (QED) is 0.780. The Labute approximate surface area is 87.7 Å². The summed E-state index contributed by atoms with van der Waals surface area (Å²) in [5.41, 5.74) is 5.13. The summed E-state index contributed by atoms with van der Waals surface area (Å²) in [6.07, 6.45) is 0. The van der Waals surface area contributed by atoms with E-state index >= 15 is 0 Å². The number of benzene rings is 1. The monoisotopic (exact) mass is 207 g/mol. The van der Waals surface area contributed by atoms with Gasteiger partial charge in [0, 0.05) is 5.56 Å². The maximum atomic E-state index is 10.9. The van der Waals surface area contributed by atoms with Crippen LogP contribution in [-0.4, -0.2) is 17.0 Å². The van der Waals surface area contributed by atoms with Gasteiger partial charge in [0.1, 0.15) is 0 Å². The van der Waals surface area contributed by atoms with Gasteiger partial charge in [0.25, 0.3) is 0 Å². The number of aliphatic carboxylic acids is 1. The molecule has 15 heavy (non-hydrogen) atoms. The predicted molar refractivity (Wildman–Crippen MR) is 55.6 cm³/mol. The van der Waals surface area contributed by atoms with E-state index in [0.29, 0.717) is 11.1 Å². The van der Waals surface area contributed by atoms with Crippen molar-refractivity contribution >= 4 is 11.9 Å². The molecule has 0 atom stereocenters. The zero-order chi connectivity index (χ0) is 11.6. The molecule has 0 aliphatic carbocycles. The van der Waals surface area contributed by atoms with Crippen LogP contribution in [0.15, 0.2) is 24.3 Å². The second kappa shape index (κ2) is 3.73. The van der Waals surface area contributed by atoms with Crippen molar-refractivity contribution in [3.8, 4) is 0 Å². The summed E-state index contributed by atoms with van der Waals surface area (Å²) < 4.78 is 0. The molecule has 1 aromatic carbocycles. The molecular formula is C11H13NO3. The molecule has 0 radical (unpaired) electrons. The van der Waals surface area contributed by atoms with E-state index in [1.807, 2.05) is 0 Å². The van der Waals surface area contributed by atoms with Gasteiger partial charge in [-0.15, -0.1) is 0 Å². The van der Waals surface area contributed by atoms with E-state index < -0.39 is 17.3 Å². The highest BCUT2D eigenvalue weighted by Gasteiger charge is 2.29. The average molecular weight is 207 g/mol. The zero-order valence-electron chi connectivity index (χ0n) is 8.65. The van der Waals surface area contributed by atoms with E-state index in [4.69, 9.17) is 10.8 Å². The van der Waals surface area contributed by atoms with Gasteiger partial charge >= 0.3 is 5.97 Å². The van der Waals surface area contributed by atoms with Gasteiger partial charge in [0.05, 0.1) is 5.41 Å². The highest BCUT2D eigenvalue weighted by atomic mass is 16.4. The second-order valence-electron chi connectivity index (χ2n) is 3.87. The molecule has 0 bridgehead atoms. The van der Waals surface area contributed by atoms with Crippen LogP contribution in [0.5, 0.6) is 0 Å². The van der Waals surface area contributed by atoms with Crippen LogP contribution in [0.4, 0.5) is 0 Å². The first kappa shape index (κ1) is 11.2. The lowest BCUT2D eigenvalue weighted by molar-refractivity contribution is -0.142. The summed E-state index contributed by atoms with van der Waals surface area (Å²) in [4.78, 5) is 21.8. The van der Waals surface area contributed by atoms with E-state index in [9.17, 15) is 9.59 Å². The van der Waals surface area contributed by atoms with E-state index in [-0.39, 0.29) is 0 Å². The van der Waals surface area contributed by atoms with Crippen molar-refractivity contribution in [2.75, 3.05) is 0 Å². The van der Waals surface area contributed by atoms with Crippen LogP contribution in [0.1, 0.15) is 29.8 Å². The van der Waals surface area contributed by atoms with Crippen LogP contribution < -0.4 is 5.73 Å². The summed E-state index contributed by atoms with van der Waals surface area (Å²) in [7, 11) is 0. The first-order valence-electron chi connectivity index (χ1n) is 4.49. The third-order valence-electron chi connectivity index (χ3n) is 2.43. The van der Waals surface area contributed by atoms with Gasteiger partial charge in [-0.2, -0.15) is 0 Å². The topological polar surface area (TPSA) is 80.4 Å². The molecule has 0 aromatic heterocycles. The Morgan fingerprint density at radius 2 is 1.67 bits per heavy atom. The molecule has 3 N–H and O–H groups in total. The van der Waals surface area contributed by atoms with E-state index in [2.05, 4.69) is 0 Å². The number of carboxylic acids is 1. The van der Waals surface area contributed by atoms with Crippen LogP contribution in [0.3, 0.4) is 0 Å². The Morgan fingerprint density at radius 3 is 2.00 bits per heavy atom. The Morgan fingerprint density at radius 1 is 1.20 bits per heavy atom. The fourth-order valence-corrected chi connectivity index (χ4v) is 1.17. The number of nitrogens with two attached hydrogens (primary N) is 1. The van der Waals surface area contributed by atoms with Crippen molar-refractivity contribution in [2.45, 2.75) is 19.3 Å². The molecule has 0 saturated heterocycles. The average Bonchev–Trinajstić information content (AvgIpc) is 2.17. The normalized spacial score (nSPS) is 11.1. The smallest absolute Gasteiger partial charge is 0.313 e. The molecule has 1 amide bonds. The first-order chi connectivity index (χ1) is 6.85. The lowest BCUT2D eigenvalue weighted by Gasteiger charge is -2.19. The molecule has 0 spiro atoms. The number of primary amides is 1. The molecule has 0 unspecified atom stereocenters. The van der Waals surface area contributed by atoms with E-state index in [1.54, 1.807) is 26.0 Å². The number of amides is 1. The molecule has 0 aliphatic rings. The molecule has 0 fully saturated rings. The molecule has 0 saturated carbocycles. The minimum atomic E-state index is -0.962. The molecule has 0 aliphatic heterocycles. The number of carbonyl (C=O) groups is 2. The highest BCUT2D eigenvalue weighted by Crippen LogP contribution is 2.23. The Balaban J connectivity index is 3.09. The summed E-state index contributed by atoms with van der Waals surface area (Å²) in [6, 6.07) is 6.27. The summed E-state index contributed by atoms with van der Waals surface area (Å²) in [5.74, 6) is -1.43. The Bertz CT molecular complexity index is 393.